The molecule has 0 spiro atoms. The molecule has 4 N–H and O–H groups in total. The molecule has 0 radical (unpaired) electrons. The number of nitrogens with one attached hydrogen (secondary N) is 1. The van der Waals surface area contributed by atoms with E-state index >= 15 is 0 Å². The number of aliphatic hydroxyl groups excluding tert-OH is 1. The summed E-state index contributed by atoms with van der Waals surface area (Å²) < 4.78 is 39.5. The van der Waals surface area contributed by atoms with E-state index in [-0.39, 0.29) is 30.8 Å². The minimum absolute atomic E-state index is 0.0518. The van der Waals surface area contributed by atoms with Gasteiger partial charge in [0.25, 0.3) is 0 Å². The fourth-order valence-electron chi connectivity index (χ4n) is 2.63. The largest absolute Gasteiger partial charge is 0.433 e. The summed E-state index contributed by atoms with van der Waals surface area (Å²) in [5.74, 6) is -0.0783. The maximum absolute atomic E-state index is 13.2. The van der Waals surface area contributed by atoms with Crippen molar-refractivity contribution in [2.24, 2.45) is 10.7 Å². The molecule has 0 saturated carbocycles. The minimum Gasteiger partial charge on any atom is -0.404 e. The molecule has 2 saturated heterocycles. The summed E-state index contributed by atoms with van der Waals surface area (Å²) in [5.41, 5.74) is 4.87. The molecule has 0 bridgehead atoms. The van der Waals surface area contributed by atoms with Crippen molar-refractivity contribution in [1.29, 1.82) is 0 Å². The Hall–Kier alpha value is -2.20. The van der Waals surface area contributed by atoms with E-state index < -0.39 is 18.0 Å². The molecule has 0 aliphatic carbocycles. The Labute approximate surface area is 142 Å². The summed E-state index contributed by atoms with van der Waals surface area (Å²) in [7, 11) is 0. The topological polar surface area (TPSA) is 99.7 Å². The molecular formula is C15H19F3N6O. The third-order valence-corrected chi connectivity index (χ3v) is 4.08. The summed E-state index contributed by atoms with van der Waals surface area (Å²) in [5, 5.41) is 12.5. The van der Waals surface area contributed by atoms with Crippen molar-refractivity contribution in [1.82, 2.24) is 15.3 Å². The van der Waals surface area contributed by atoms with Crippen molar-refractivity contribution in [3.8, 4) is 0 Å². The van der Waals surface area contributed by atoms with Crippen LogP contribution in [0, 0.1) is 0 Å². The van der Waals surface area contributed by atoms with Crippen molar-refractivity contribution in [3.63, 3.8) is 0 Å². The van der Waals surface area contributed by atoms with Crippen LogP contribution in [0.25, 0.3) is 5.57 Å². The van der Waals surface area contributed by atoms with E-state index in [1.54, 1.807) is 0 Å². The number of nitrogens with two attached hydrogens (primary N) is 1. The number of halogens is 3. The molecule has 2 fully saturated rings. The number of rotatable bonds is 4. The van der Waals surface area contributed by atoms with E-state index in [1.165, 1.54) is 17.3 Å². The highest BCUT2D eigenvalue weighted by Gasteiger charge is 2.36. The highest BCUT2D eigenvalue weighted by atomic mass is 19.4. The van der Waals surface area contributed by atoms with Crippen LogP contribution in [0.15, 0.2) is 17.3 Å². The van der Waals surface area contributed by atoms with E-state index in [2.05, 4.69) is 20.3 Å². The first-order valence-corrected chi connectivity index (χ1v) is 7.92. The van der Waals surface area contributed by atoms with Crippen LogP contribution in [0.3, 0.4) is 0 Å². The van der Waals surface area contributed by atoms with Crippen LogP contribution in [0.2, 0.25) is 0 Å². The Morgan fingerprint density at radius 1 is 1.40 bits per heavy atom. The molecule has 7 nitrogen and oxygen atoms in total. The van der Waals surface area contributed by atoms with E-state index in [0.29, 0.717) is 5.57 Å². The third kappa shape index (κ3) is 4.07. The van der Waals surface area contributed by atoms with Crippen molar-refractivity contribution >= 4 is 17.7 Å². The number of nitrogens with zero attached hydrogens (tertiary/aromatic N) is 4. The second-order valence-electron chi connectivity index (χ2n) is 6.04. The molecule has 3 heterocycles. The Balaban J connectivity index is 1.91. The standard InChI is InChI=1S/C15H19F3N6O/c16-15(17,18)13-3-12(22-14(23-13)24-7-11(25)8-24)9(4-19)5-21-10-1-2-20-6-10/h3-5,10-11,20,25H,1-2,6-8,19H2. The summed E-state index contributed by atoms with van der Waals surface area (Å²) in [4.78, 5) is 13.6. The van der Waals surface area contributed by atoms with E-state index in [1.807, 2.05) is 0 Å². The number of anilines is 1. The van der Waals surface area contributed by atoms with E-state index in [4.69, 9.17) is 5.73 Å². The molecule has 136 valence electrons. The lowest BCUT2D eigenvalue weighted by atomic mass is 10.1. The lowest BCUT2D eigenvalue weighted by Crippen LogP contribution is -2.51. The van der Waals surface area contributed by atoms with Crippen molar-refractivity contribution in [2.45, 2.75) is 24.7 Å². The number of aliphatic imine (C=N–C) groups is 1. The highest BCUT2D eigenvalue weighted by molar-refractivity contribution is 6.09. The van der Waals surface area contributed by atoms with Gasteiger partial charge in [0.05, 0.1) is 17.8 Å². The quantitative estimate of drug-likeness (QED) is 0.676. The monoisotopic (exact) mass is 356 g/mol. The van der Waals surface area contributed by atoms with Gasteiger partial charge in [-0.3, -0.25) is 4.99 Å². The smallest absolute Gasteiger partial charge is 0.404 e. The van der Waals surface area contributed by atoms with Crippen LogP contribution in [0.1, 0.15) is 17.8 Å². The SMILES string of the molecule is NC=C(C=NC1CCNC1)c1cc(C(F)(F)F)nc(N2CC(O)C2)n1. The fraction of sp³-hybridized carbons (Fsp3) is 0.533. The van der Waals surface area contributed by atoms with Crippen LogP contribution in [0.5, 0.6) is 0 Å². The summed E-state index contributed by atoms with van der Waals surface area (Å²) in [6, 6.07) is 0.931. The van der Waals surface area contributed by atoms with Gasteiger partial charge in [-0.2, -0.15) is 13.2 Å². The van der Waals surface area contributed by atoms with Crippen LogP contribution in [-0.4, -0.2) is 59.6 Å². The Kier molecular flexibility index (Phi) is 4.91. The zero-order chi connectivity index (χ0) is 18.0. The van der Waals surface area contributed by atoms with Gasteiger partial charge < -0.3 is 21.1 Å². The Bertz CT molecular complexity index is 678. The fourth-order valence-corrected chi connectivity index (χ4v) is 2.63. The number of hydrogen-bond acceptors (Lipinski definition) is 7. The molecule has 1 atom stereocenters. The first kappa shape index (κ1) is 17.6. The van der Waals surface area contributed by atoms with Crippen LogP contribution in [0.4, 0.5) is 19.1 Å². The molecule has 1 aromatic rings. The van der Waals surface area contributed by atoms with Crippen LogP contribution in [-0.2, 0) is 6.18 Å². The normalized spacial score (nSPS) is 22.6. The van der Waals surface area contributed by atoms with Gasteiger partial charge in [0.2, 0.25) is 5.95 Å². The third-order valence-electron chi connectivity index (χ3n) is 4.08. The molecule has 2 aliphatic rings. The number of β-amino-alcohol motifs (C(OH)–C–C–N with tert-alkyl or cyclic N) is 1. The van der Waals surface area contributed by atoms with Gasteiger partial charge in [-0.1, -0.05) is 0 Å². The van der Waals surface area contributed by atoms with Gasteiger partial charge in [0, 0.05) is 37.6 Å². The molecule has 2 aliphatic heterocycles. The van der Waals surface area contributed by atoms with E-state index in [0.717, 1.165) is 25.6 Å². The molecule has 3 rings (SSSR count). The number of aliphatic hydroxyl groups is 1. The second-order valence-corrected chi connectivity index (χ2v) is 6.04. The van der Waals surface area contributed by atoms with Crippen LogP contribution >= 0.6 is 0 Å². The van der Waals surface area contributed by atoms with Gasteiger partial charge in [-0.15, -0.1) is 0 Å². The predicted molar refractivity (Wildman–Crippen MR) is 87.2 cm³/mol. The summed E-state index contributed by atoms with van der Waals surface area (Å²) >= 11 is 0. The number of hydrogen-bond donors (Lipinski definition) is 3. The lowest BCUT2D eigenvalue weighted by molar-refractivity contribution is -0.141. The van der Waals surface area contributed by atoms with Gasteiger partial charge in [0.15, 0.2) is 5.69 Å². The second kappa shape index (κ2) is 6.96. The molecule has 10 heteroatoms. The molecule has 1 unspecified atom stereocenters. The zero-order valence-electron chi connectivity index (χ0n) is 13.4. The molecule has 0 amide bonds. The van der Waals surface area contributed by atoms with Crippen molar-refractivity contribution in [3.05, 3.63) is 23.7 Å². The van der Waals surface area contributed by atoms with Gasteiger partial charge in [-0.05, 0) is 19.0 Å². The summed E-state index contributed by atoms with van der Waals surface area (Å²) in [6.07, 6.45) is -1.69. The molecule has 0 aromatic carbocycles. The van der Waals surface area contributed by atoms with Crippen molar-refractivity contribution in [2.75, 3.05) is 31.1 Å². The predicted octanol–water partition coefficient (Wildman–Crippen LogP) is 0.409. The molecule has 1 aromatic heterocycles. The average Bonchev–Trinajstić information content (AvgIpc) is 3.05. The number of aromatic nitrogens is 2. The first-order chi connectivity index (χ1) is 11.9. The zero-order valence-corrected chi connectivity index (χ0v) is 13.4. The maximum Gasteiger partial charge on any atom is 0.433 e. The van der Waals surface area contributed by atoms with Gasteiger partial charge in [0.1, 0.15) is 0 Å². The average molecular weight is 356 g/mol. The highest BCUT2D eigenvalue weighted by Crippen LogP contribution is 2.31. The minimum atomic E-state index is -4.61. The number of allylic oxidation sites excluding steroid dienone is 1. The Morgan fingerprint density at radius 2 is 2.16 bits per heavy atom. The van der Waals surface area contributed by atoms with Gasteiger partial charge in [-0.25, -0.2) is 9.97 Å². The molecular weight excluding hydrogens is 337 g/mol. The van der Waals surface area contributed by atoms with E-state index in [9.17, 15) is 18.3 Å². The van der Waals surface area contributed by atoms with Crippen molar-refractivity contribution < 1.29 is 18.3 Å². The van der Waals surface area contributed by atoms with Crippen LogP contribution < -0.4 is 16.0 Å². The lowest BCUT2D eigenvalue weighted by Gasteiger charge is -2.36. The molecule has 25 heavy (non-hydrogen) atoms. The number of alkyl halides is 3. The maximum atomic E-state index is 13.2. The Morgan fingerprint density at radius 3 is 2.72 bits per heavy atom. The summed E-state index contributed by atoms with van der Waals surface area (Å²) in [6.45, 7) is 1.98. The first-order valence-electron chi connectivity index (χ1n) is 7.92. The van der Waals surface area contributed by atoms with Gasteiger partial charge >= 0.3 is 6.18 Å².